The largest absolute Gasteiger partial charge is 0.344 e. The fraction of sp³-hybridized carbons (Fsp3) is 0.333. The minimum Gasteiger partial charge on any atom is -0.344 e. The van der Waals surface area contributed by atoms with Gasteiger partial charge in [-0.15, -0.1) is 0 Å². The van der Waals surface area contributed by atoms with Gasteiger partial charge in [0.2, 0.25) is 0 Å². The number of carbonyl (C=O) groups excluding carboxylic acids is 2. The van der Waals surface area contributed by atoms with Crippen molar-refractivity contribution >= 4 is 17.5 Å². The second-order valence-corrected chi connectivity index (χ2v) is 6.90. The van der Waals surface area contributed by atoms with E-state index in [1.807, 2.05) is 37.3 Å². The first-order valence-electron chi connectivity index (χ1n) is 9.40. The second kappa shape index (κ2) is 10.6. The van der Waals surface area contributed by atoms with Crippen LogP contribution in [0.25, 0.3) is 0 Å². The number of nitrogens with one attached hydrogen (secondary N) is 3. The van der Waals surface area contributed by atoms with Crippen molar-refractivity contribution in [2.75, 3.05) is 25.5 Å². The van der Waals surface area contributed by atoms with E-state index in [0.717, 1.165) is 30.5 Å². The molecule has 8 heteroatoms. The monoisotopic (exact) mass is 408 g/mol. The molecule has 3 N–H and O–H groups in total. The van der Waals surface area contributed by atoms with E-state index in [0.29, 0.717) is 4.90 Å². The number of amides is 2. The Bertz CT molecular complexity index is 847. The normalized spacial score (nSPS) is 12.9. The molecule has 0 heterocycles. The van der Waals surface area contributed by atoms with Gasteiger partial charge in [-0.1, -0.05) is 43.7 Å². The highest BCUT2D eigenvalue weighted by Gasteiger charge is 2.20. The third-order valence-corrected chi connectivity index (χ3v) is 4.35. The standard InChI is InChI=1S/C21H24F3N3O2/c1-3-7-16(14-8-5-4-6-9-14)25-18(28)12-27(2)13-19(29)26-17-11-10-15(22)20(23)21(17)24/h4-6,8-11,16H,3,7,12-13H2,1-2H3,(H,25,28)(H,26,29)/p+1/t16-/m1/s1. The van der Waals surface area contributed by atoms with E-state index in [1.165, 1.54) is 0 Å². The van der Waals surface area contributed by atoms with E-state index in [9.17, 15) is 22.8 Å². The number of likely N-dealkylation sites (N-methyl/N-ethyl adjacent to an activating group) is 1. The first-order chi connectivity index (χ1) is 13.8. The Morgan fingerprint density at radius 2 is 1.62 bits per heavy atom. The molecule has 29 heavy (non-hydrogen) atoms. The Hall–Kier alpha value is -2.87. The molecule has 0 aliphatic heterocycles. The predicted molar refractivity (Wildman–Crippen MR) is 104 cm³/mol. The second-order valence-electron chi connectivity index (χ2n) is 6.90. The fourth-order valence-electron chi connectivity index (χ4n) is 2.97. The van der Waals surface area contributed by atoms with Crippen LogP contribution in [0.1, 0.15) is 31.4 Å². The van der Waals surface area contributed by atoms with Crippen molar-refractivity contribution < 1.29 is 27.7 Å². The predicted octanol–water partition coefficient (Wildman–Crippen LogP) is 2.21. The van der Waals surface area contributed by atoms with Crippen LogP contribution < -0.4 is 15.5 Å². The van der Waals surface area contributed by atoms with Crippen molar-refractivity contribution in [3.05, 3.63) is 65.5 Å². The summed E-state index contributed by atoms with van der Waals surface area (Å²) in [6.07, 6.45) is 1.68. The summed E-state index contributed by atoms with van der Waals surface area (Å²) in [5.41, 5.74) is 0.560. The van der Waals surface area contributed by atoms with Crippen LogP contribution in [0.4, 0.5) is 18.9 Å². The maximum absolute atomic E-state index is 13.6. The molecule has 0 saturated heterocycles. The maximum Gasteiger partial charge on any atom is 0.279 e. The molecule has 0 aromatic heterocycles. The Kier molecular flexibility index (Phi) is 8.21. The Morgan fingerprint density at radius 3 is 2.28 bits per heavy atom. The molecule has 2 atom stereocenters. The minimum atomic E-state index is -1.65. The third-order valence-electron chi connectivity index (χ3n) is 4.35. The SMILES string of the molecule is CCC[C@@H](NC(=O)C[NH+](C)CC(=O)Nc1ccc(F)c(F)c1F)c1ccccc1. The Balaban J connectivity index is 1.89. The Labute approximate surface area is 167 Å². The molecular formula is C21H25F3N3O2+. The van der Waals surface area contributed by atoms with Crippen molar-refractivity contribution in [1.29, 1.82) is 0 Å². The van der Waals surface area contributed by atoms with E-state index in [-0.39, 0.29) is 25.0 Å². The first-order valence-corrected chi connectivity index (χ1v) is 9.40. The van der Waals surface area contributed by atoms with Crippen LogP contribution in [0.15, 0.2) is 42.5 Å². The third kappa shape index (κ3) is 6.60. The van der Waals surface area contributed by atoms with E-state index < -0.39 is 29.0 Å². The number of hydrogen-bond donors (Lipinski definition) is 3. The van der Waals surface area contributed by atoms with Crippen molar-refractivity contribution in [2.24, 2.45) is 0 Å². The van der Waals surface area contributed by atoms with E-state index in [4.69, 9.17) is 0 Å². The summed E-state index contributed by atoms with van der Waals surface area (Å²) in [5.74, 6) is -5.28. The van der Waals surface area contributed by atoms with Crippen LogP contribution in [0.3, 0.4) is 0 Å². The molecule has 0 aliphatic rings. The lowest BCUT2D eigenvalue weighted by atomic mass is 10.0. The number of hydrogen-bond acceptors (Lipinski definition) is 2. The average Bonchev–Trinajstić information content (AvgIpc) is 2.68. The van der Waals surface area contributed by atoms with Crippen LogP contribution in [0, 0.1) is 17.5 Å². The lowest BCUT2D eigenvalue weighted by molar-refractivity contribution is -0.862. The fourth-order valence-corrected chi connectivity index (χ4v) is 2.97. The van der Waals surface area contributed by atoms with Gasteiger partial charge in [-0.2, -0.15) is 0 Å². The van der Waals surface area contributed by atoms with Crippen LogP contribution in [0.5, 0.6) is 0 Å². The topological polar surface area (TPSA) is 62.6 Å². The molecule has 0 radical (unpaired) electrons. The molecule has 2 amide bonds. The maximum atomic E-state index is 13.6. The molecule has 2 aromatic carbocycles. The number of carbonyl (C=O) groups is 2. The highest BCUT2D eigenvalue weighted by molar-refractivity contribution is 5.91. The minimum absolute atomic E-state index is 0.0285. The van der Waals surface area contributed by atoms with Gasteiger partial charge in [0, 0.05) is 0 Å². The van der Waals surface area contributed by atoms with Crippen molar-refractivity contribution in [3.63, 3.8) is 0 Å². The molecule has 1 unspecified atom stereocenters. The summed E-state index contributed by atoms with van der Waals surface area (Å²) in [6.45, 7) is 1.91. The zero-order valence-electron chi connectivity index (χ0n) is 16.4. The Morgan fingerprint density at radius 1 is 0.966 bits per heavy atom. The molecule has 5 nitrogen and oxygen atoms in total. The smallest absolute Gasteiger partial charge is 0.279 e. The number of benzene rings is 2. The molecule has 0 fully saturated rings. The van der Waals surface area contributed by atoms with Gasteiger partial charge >= 0.3 is 0 Å². The van der Waals surface area contributed by atoms with Crippen molar-refractivity contribution in [1.82, 2.24) is 5.32 Å². The van der Waals surface area contributed by atoms with Crippen LogP contribution in [-0.2, 0) is 9.59 Å². The van der Waals surface area contributed by atoms with Crippen molar-refractivity contribution in [2.45, 2.75) is 25.8 Å². The zero-order valence-corrected chi connectivity index (χ0v) is 16.4. The molecule has 0 aliphatic carbocycles. The lowest BCUT2D eigenvalue weighted by Crippen LogP contribution is -3.11. The van der Waals surface area contributed by atoms with Gasteiger partial charge in [0.15, 0.2) is 30.5 Å². The van der Waals surface area contributed by atoms with E-state index >= 15 is 0 Å². The van der Waals surface area contributed by atoms with Gasteiger partial charge in [-0.25, -0.2) is 13.2 Å². The number of halogens is 3. The number of rotatable bonds is 9. The quantitative estimate of drug-likeness (QED) is 0.557. The van der Waals surface area contributed by atoms with Gasteiger partial charge in [0.25, 0.3) is 11.8 Å². The highest BCUT2D eigenvalue weighted by atomic mass is 19.2. The number of anilines is 1. The highest BCUT2D eigenvalue weighted by Crippen LogP contribution is 2.19. The molecule has 0 saturated carbocycles. The van der Waals surface area contributed by atoms with Gasteiger partial charge < -0.3 is 15.5 Å². The molecular weight excluding hydrogens is 383 g/mol. The van der Waals surface area contributed by atoms with Gasteiger partial charge in [-0.05, 0) is 24.1 Å². The van der Waals surface area contributed by atoms with Crippen LogP contribution >= 0.6 is 0 Å². The van der Waals surface area contributed by atoms with Gasteiger partial charge in [0.1, 0.15) is 0 Å². The van der Waals surface area contributed by atoms with E-state index in [2.05, 4.69) is 10.6 Å². The summed E-state index contributed by atoms with van der Waals surface area (Å²) in [5, 5.41) is 5.16. The van der Waals surface area contributed by atoms with Gasteiger partial charge in [0.05, 0.1) is 18.8 Å². The summed E-state index contributed by atoms with van der Waals surface area (Å²) >= 11 is 0. The average molecular weight is 408 g/mol. The zero-order chi connectivity index (χ0) is 21.4. The molecule has 2 rings (SSSR count). The van der Waals surface area contributed by atoms with Crippen molar-refractivity contribution in [3.8, 4) is 0 Å². The molecule has 2 aromatic rings. The molecule has 0 bridgehead atoms. The first kappa shape index (κ1) is 22.4. The number of quaternary nitrogens is 1. The van der Waals surface area contributed by atoms with Crippen LogP contribution in [-0.4, -0.2) is 32.0 Å². The lowest BCUT2D eigenvalue weighted by Gasteiger charge is -2.20. The molecule has 0 spiro atoms. The van der Waals surface area contributed by atoms with Gasteiger partial charge in [-0.3, -0.25) is 9.59 Å². The summed E-state index contributed by atoms with van der Waals surface area (Å²) in [4.78, 5) is 25.0. The molecule has 156 valence electrons. The van der Waals surface area contributed by atoms with E-state index in [1.54, 1.807) is 7.05 Å². The van der Waals surface area contributed by atoms with Crippen LogP contribution in [0.2, 0.25) is 0 Å². The summed E-state index contributed by atoms with van der Waals surface area (Å²) in [6, 6.07) is 11.2. The summed E-state index contributed by atoms with van der Waals surface area (Å²) < 4.78 is 39.8. The summed E-state index contributed by atoms with van der Waals surface area (Å²) in [7, 11) is 1.64.